The van der Waals surface area contributed by atoms with E-state index in [4.69, 9.17) is 5.73 Å². The van der Waals surface area contributed by atoms with Crippen LogP contribution in [0.1, 0.15) is 38.3 Å². The van der Waals surface area contributed by atoms with E-state index in [1.807, 2.05) is 12.5 Å². The van der Waals surface area contributed by atoms with Gasteiger partial charge in [0.05, 0.1) is 11.9 Å². The second-order valence-electron chi connectivity index (χ2n) is 4.48. The first-order valence-electron chi connectivity index (χ1n) is 4.88. The first-order valence-corrected chi connectivity index (χ1v) is 4.88. The fourth-order valence-corrected chi connectivity index (χ4v) is 1.59. The Hall–Kier alpha value is -0.830. The molecule has 1 saturated carbocycles. The summed E-state index contributed by atoms with van der Waals surface area (Å²) in [4.78, 5) is 4.21. The highest BCUT2D eigenvalue weighted by atomic mass is 15.1. The monoisotopic (exact) mass is 179 g/mol. The van der Waals surface area contributed by atoms with E-state index in [0.717, 1.165) is 5.92 Å². The van der Waals surface area contributed by atoms with Crippen LogP contribution in [-0.2, 0) is 5.54 Å². The van der Waals surface area contributed by atoms with E-state index in [-0.39, 0.29) is 5.54 Å². The summed E-state index contributed by atoms with van der Waals surface area (Å²) in [5.41, 5.74) is 7.10. The van der Waals surface area contributed by atoms with Gasteiger partial charge in [0, 0.05) is 24.4 Å². The second-order valence-corrected chi connectivity index (χ2v) is 4.48. The molecule has 1 heterocycles. The molecule has 2 N–H and O–H groups in total. The Morgan fingerprint density at radius 1 is 1.62 bits per heavy atom. The van der Waals surface area contributed by atoms with Crippen molar-refractivity contribution >= 4 is 0 Å². The van der Waals surface area contributed by atoms with Crippen LogP contribution in [0.2, 0.25) is 0 Å². The lowest BCUT2D eigenvalue weighted by molar-refractivity contribution is 0.356. The summed E-state index contributed by atoms with van der Waals surface area (Å²) in [5.74, 6) is 0.744. The Labute approximate surface area is 79.0 Å². The molecule has 1 aliphatic carbocycles. The molecule has 0 radical (unpaired) electrons. The van der Waals surface area contributed by atoms with Gasteiger partial charge in [0.25, 0.3) is 0 Å². The maximum Gasteiger partial charge on any atom is 0.0953 e. The van der Waals surface area contributed by atoms with Crippen LogP contribution < -0.4 is 5.73 Å². The van der Waals surface area contributed by atoms with Crippen molar-refractivity contribution in [3.63, 3.8) is 0 Å². The lowest BCUT2D eigenvalue weighted by Gasteiger charge is -2.26. The smallest absolute Gasteiger partial charge is 0.0953 e. The van der Waals surface area contributed by atoms with Crippen LogP contribution in [0.25, 0.3) is 0 Å². The molecule has 0 saturated heterocycles. The lowest BCUT2D eigenvalue weighted by Crippen LogP contribution is -2.35. The molecular formula is C10H17N3. The normalized spacial score (nSPS) is 17.8. The van der Waals surface area contributed by atoms with Gasteiger partial charge < -0.3 is 10.3 Å². The summed E-state index contributed by atoms with van der Waals surface area (Å²) in [6.45, 7) is 4.96. The van der Waals surface area contributed by atoms with E-state index < -0.39 is 0 Å². The number of nitrogens with two attached hydrogens (primary N) is 1. The second kappa shape index (κ2) is 2.84. The van der Waals surface area contributed by atoms with Crippen LogP contribution >= 0.6 is 0 Å². The Bertz CT molecular complexity index is 297. The van der Waals surface area contributed by atoms with Crippen LogP contribution in [0.4, 0.5) is 0 Å². The van der Waals surface area contributed by atoms with Gasteiger partial charge in [-0.3, -0.25) is 0 Å². The molecule has 1 aliphatic rings. The lowest BCUT2D eigenvalue weighted by atomic mass is 10.1. The molecule has 0 spiro atoms. The van der Waals surface area contributed by atoms with Crippen molar-refractivity contribution < 1.29 is 0 Å². The first-order chi connectivity index (χ1) is 6.15. The van der Waals surface area contributed by atoms with Crippen LogP contribution in [-0.4, -0.2) is 16.1 Å². The molecule has 1 aromatic rings. The maximum atomic E-state index is 5.74. The molecule has 1 fully saturated rings. The molecule has 3 heteroatoms. The van der Waals surface area contributed by atoms with E-state index in [1.165, 1.54) is 18.5 Å². The molecule has 72 valence electrons. The minimum atomic E-state index is 0.00836. The third-order valence-corrected chi connectivity index (χ3v) is 2.81. The maximum absolute atomic E-state index is 5.74. The fraction of sp³-hybridized carbons (Fsp3) is 0.700. The van der Waals surface area contributed by atoms with Crippen molar-refractivity contribution in [2.75, 3.05) is 6.54 Å². The summed E-state index contributed by atoms with van der Waals surface area (Å²) in [5, 5.41) is 0. The molecule has 0 aromatic carbocycles. The van der Waals surface area contributed by atoms with E-state index in [9.17, 15) is 0 Å². The highest BCUT2D eigenvalue weighted by molar-refractivity contribution is 5.15. The summed E-state index contributed by atoms with van der Waals surface area (Å²) in [6, 6.07) is 0. The Kier molecular flexibility index (Phi) is 1.91. The van der Waals surface area contributed by atoms with Gasteiger partial charge >= 0.3 is 0 Å². The van der Waals surface area contributed by atoms with Crippen molar-refractivity contribution in [2.45, 2.75) is 38.1 Å². The Morgan fingerprint density at radius 3 is 2.85 bits per heavy atom. The Morgan fingerprint density at radius 2 is 2.31 bits per heavy atom. The Balaban J connectivity index is 2.33. The molecule has 2 rings (SSSR count). The minimum absolute atomic E-state index is 0.00836. The summed E-state index contributed by atoms with van der Waals surface area (Å²) >= 11 is 0. The number of hydrogen-bond donors (Lipinski definition) is 1. The first kappa shape index (κ1) is 8.75. The third kappa shape index (κ3) is 1.48. The van der Waals surface area contributed by atoms with Gasteiger partial charge in [-0.25, -0.2) is 4.98 Å². The van der Waals surface area contributed by atoms with Gasteiger partial charge in [0.2, 0.25) is 0 Å². The zero-order valence-corrected chi connectivity index (χ0v) is 8.33. The number of hydrogen-bond acceptors (Lipinski definition) is 2. The predicted molar refractivity (Wildman–Crippen MR) is 52.6 cm³/mol. The molecular weight excluding hydrogens is 162 g/mol. The number of rotatable bonds is 3. The van der Waals surface area contributed by atoms with Crippen molar-refractivity contribution in [3.05, 3.63) is 18.2 Å². The van der Waals surface area contributed by atoms with Crippen LogP contribution in [0.15, 0.2) is 12.5 Å². The van der Waals surface area contributed by atoms with Crippen molar-refractivity contribution in [1.29, 1.82) is 0 Å². The average molecular weight is 179 g/mol. The zero-order chi connectivity index (χ0) is 9.47. The van der Waals surface area contributed by atoms with Gasteiger partial charge in [0.1, 0.15) is 0 Å². The minimum Gasteiger partial charge on any atom is -0.328 e. The highest BCUT2D eigenvalue weighted by Crippen LogP contribution is 2.41. The van der Waals surface area contributed by atoms with Crippen LogP contribution in [0.5, 0.6) is 0 Å². The molecule has 3 nitrogen and oxygen atoms in total. The molecule has 0 atom stereocenters. The zero-order valence-electron chi connectivity index (χ0n) is 8.33. The van der Waals surface area contributed by atoms with Gasteiger partial charge in [-0.05, 0) is 26.7 Å². The molecule has 1 aromatic heterocycles. The van der Waals surface area contributed by atoms with Gasteiger partial charge in [-0.1, -0.05) is 0 Å². The van der Waals surface area contributed by atoms with Crippen molar-refractivity contribution in [3.8, 4) is 0 Å². The number of imidazole rings is 1. The third-order valence-electron chi connectivity index (χ3n) is 2.81. The number of aromatic nitrogens is 2. The van der Waals surface area contributed by atoms with Crippen molar-refractivity contribution in [1.82, 2.24) is 9.55 Å². The largest absolute Gasteiger partial charge is 0.328 e. The number of nitrogens with zero attached hydrogens (tertiary/aromatic N) is 2. The van der Waals surface area contributed by atoms with Gasteiger partial charge in [-0.15, -0.1) is 0 Å². The molecule has 0 aliphatic heterocycles. The topological polar surface area (TPSA) is 43.8 Å². The summed E-state index contributed by atoms with van der Waals surface area (Å²) < 4.78 is 2.23. The summed E-state index contributed by atoms with van der Waals surface area (Å²) in [6.07, 6.45) is 6.51. The van der Waals surface area contributed by atoms with E-state index in [1.54, 1.807) is 0 Å². The van der Waals surface area contributed by atoms with Crippen molar-refractivity contribution in [2.24, 2.45) is 5.73 Å². The van der Waals surface area contributed by atoms with Gasteiger partial charge in [-0.2, -0.15) is 0 Å². The SMILES string of the molecule is CC(C)(CN)n1cncc1C1CC1. The molecule has 13 heavy (non-hydrogen) atoms. The quantitative estimate of drug-likeness (QED) is 0.763. The fourth-order valence-electron chi connectivity index (χ4n) is 1.59. The molecule has 0 amide bonds. The van der Waals surface area contributed by atoms with Crippen LogP contribution in [0.3, 0.4) is 0 Å². The van der Waals surface area contributed by atoms with E-state index >= 15 is 0 Å². The van der Waals surface area contributed by atoms with E-state index in [2.05, 4.69) is 23.4 Å². The molecule has 0 bridgehead atoms. The van der Waals surface area contributed by atoms with Crippen LogP contribution in [0, 0.1) is 0 Å². The van der Waals surface area contributed by atoms with Gasteiger partial charge in [0.15, 0.2) is 0 Å². The standard InChI is InChI=1S/C10H17N3/c1-10(2,6-11)13-7-12-5-9(13)8-3-4-8/h5,7-8H,3-4,6,11H2,1-2H3. The van der Waals surface area contributed by atoms with E-state index in [0.29, 0.717) is 6.54 Å². The summed E-state index contributed by atoms with van der Waals surface area (Å²) in [7, 11) is 0. The average Bonchev–Trinajstić information content (AvgIpc) is 2.83. The molecule has 0 unspecified atom stereocenters. The predicted octanol–water partition coefficient (Wildman–Crippen LogP) is 1.45. The highest BCUT2D eigenvalue weighted by Gasteiger charge is 2.30.